The summed E-state index contributed by atoms with van der Waals surface area (Å²) in [5, 5.41) is 0.977. The van der Waals surface area contributed by atoms with Crippen LogP contribution in [-0.2, 0) is 4.79 Å². The summed E-state index contributed by atoms with van der Waals surface area (Å²) in [7, 11) is 1.62. The number of likely N-dealkylation sites (N-methyl/N-ethyl adjacent to an activating group) is 1. The van der Waals surface area contributed by atoms with E-state index < -0.39 is 11.7 Å². The number of ketones is 1. The van der Waals surface area contributed by atoms with E-state index in [1.165, 1.54) is 4.90 Å². The van der Waals surface area contributed by atoms with E-state index in [0.717, 1.165) is 16.5 Å². The minimum atomic E-state index is -0.549. The molecule has 3 aromatic rings. The zero-order valence-corrected chi connectivity index (χ0v) is 13.9. The maximum atomic E-state index is 12.5. The molecule has 3 rings (SSSR count). The van der Waals surface area contributed by atoms with E-state index in [0.29, 0.717) is 11.3 Å². The van der Waals surface area contributed by atoms with Crippen LogP contribution in [0.25, 0.3) is 11.0 Å². The predicted octanol–water partition coefficient (Wildman–Crippen LogP) is 4.14. The minimum Gasteiger partial charge on any atom is -0.459 e. The molecule has 1 atom stereocenters. The van der Waals surface area contributed by atoms with Gasteiger partial charge in [0.05, 0.1) is 6.04 Å². The van der Waals surface area contributed by atoms with Gasteiger partial charge in [0, 0.05) is 18.0 Å². The number of hydrogen-bond acceptors (Lipinski definition) is 3. The molecule has 0 aliphatic carbocycles. The van der Waals surface area contributed by atoms with Gasteiger partial charge >= 0.3 is 0 Å². The van der Waals surface area contributed by atoms with Gasteiger partial charge in [0.15, 0.2) is 0 Å². The number of hydrogen-bond donors (Lipinski definition) is 0. The number of carbonyl (C=O) groups excluding carboxylic acids is 2. The highest BCUT2D eigenvalue weighted by molar-refractivity contribution is 6.42. The van der Waals surface area contributed by atoms with Gasteiger partial charge in [0.25, 0.3) is 5.91 Å². The molecule has 4 heteroatoms. The predicted molar refractivity (Wildman–Crippen MR) is 92.9 cm³/mol. The monoisotopic (exact) mass is 321 g/mol. The Morgan fingerprint density at radius 2 is 1.71 bits per heavy atom. The zero-order chi connectivity index (χ0) is 17.3. The van der Waals surface area contributed by atoms with Crippen LogP contribution in [0.2, 0.25) is 0 Å². The average molecular weight is 321 g/mol. The van der Waals surface area contributed by atoms with Crippen LogP contribution in [0.1, 0.15) is 34.6 Å². The molecule has 1 heterocycles. The number of furan rings is 1. The highest BCUT2D eigenvalue weighted by Crippen LogP contribution is 2.27. The summed E-state index contributed by atoms with van der Waals surface area (Å²) in [6, 6.07) is 16.2. The Balaban J connectivity index is 1.81. The zero-order valence-electron chi connectivity index (χ0n) is 13.9. The molecule has 122 valence electrons. The lowest BCUT2D eigenvalue weighted by Gasteiger charge is -2.22. The number of rotatable bonds is 4. The Kier molecular flexibility index (Phi) is 4.21. The highest BCUT2D eigenvalue weighted by atomic mass is 16.3. The molecule has 0 N–H and O–H groups in total. The standard InChI is InChI=1S/C20H19NO3/c1-13-8-10-15(11-9-13)19(22)20(23)21(3)14(2)18-12-16-6-4-5-7-17(16)24-18/h4-12,14H,1-3H3. The largest absolute Gasteiger partial charge is 0.459 e. The third kappa shape index (κ3) is 2.95. The van der Waals surface area contributed by atoms with E-state index >= 15 is 0 Å². The van der Waals surface area contributed by atoms with Crippen molar-refractivity contribution in [3.05, 3.63) is 71.5 Å². The maximum absolute atomic E-state index is 12.5. The van der Waals surface area contributed by atoms with Crippen LogP contribution in [0.15, 0.2) is 59.0 Å². The van der Waals surface area contributed by atoms with Crippen molar-refractivity contribution in [1.29, 1.82) is 0 Å². The number of Topliss-reactive ketones (excluding diaryl/α,β-unsaturated/α-hetero) is 1. The van der Waals surface area contributed by atoms with Crippen LogP contribution in [0, 0.1) is 6.92 Å². The summed E-state index contributed by atoms with van der Waals surface area (Å²) < 4.78 is 5.80. The fourth-order valence-corrected chi connectivity index (χ4v) is 2.56. The lowest BCUT2D eigenvalue weighted by atomic mass is 10.1. The Bertz CT molecular complexity index is 860. The van der Waals surface area contributed by atoms with Gasteiger partial charge in [-0.2, -0.15) is 0 Å². The molecule has 0 saturated carbocycles. The van der Waals surface area contributed by atoms with Crippen molar-refractivity contribution in [2.75, 3.05) is 7.05 Å². The number of nitrogens with zero attached hydrogens (tertiary/aromatic N) is 1. The second-order valence-electron chi connectivity index (χ2n) is 5.97. The van der Waals surface area contributed by atoms with Crippen LogP contribution in [-0.4, -0.2) is 23.6 Å². The molecule has 0 aliphatic heterocycles. The fourth-order valence-electron chi connectivity index (χ4n) is 2.56. The number of benzene rings is 2. The van der Waals surface area contributed by atoms with E-state index in [2.05, 4.69) is 0 Å². The van der Waals surface area contributed by atoms with E-state index in [1.807, 2.05) is 56.3 Å². The average Bonchev–Trinajstić information content (AvgIpc) is 3.04. The summed E-state index contributed by atoms with van der Waals surface area (Å²) in [6.07, 6.45) is 0. The molecule has 0 aliphatic rings. The second kappa shape index (κ2) is 6.32. The van der Waals surface area contributed by atoms with Gasteiger partial charge in [0.2, 0.25) is 5.78 Å². The van der Waals surface area contributed by atoms with Crippen LogP contribution in [0.3, 0.4) is 0 Å². The molecule has 0 saturated heterocycles. The number of aryl methyl sites for hydroxylation is 1. The van der Waals surface area contributed by atoms with E-state index in [1.54, 1.807) is 19.2 Å². The third-order valence-corrected chi connectivity index (χ3v) is 4.27. The van der Waals surface area contributed by atoms with Gasteiger partial charge in [-0.05, 0) is 26.0 Å². The van der Waals surface area contributed by atoms with Crippen molar-refractivity contribution in [3.63, 3.8) is 0 Å². The molecular formula is C20H19NO3. The Morgan fingerprint density at radius 3 is 2.38 bits per heavy atom. The number of para-hydroxylation sites is 1. The van der Waals surface area contributed by atoms with Crippen LogP contribution < -0.4 is 0 Å². The summed E-state index contributed by atoms with van der Waals surface area (Å²) >= 11 is 0. The number of fused-ring (bicyclic) bond motifs is 1. The first-order valence-corrected chi connectivity index (χ1v) is 7.84. The second-order valence-corrected chi connectivity index (χ2v) is 5.97. The van der Waals surface area contributed by atoms with Gasteiger partial charge < -0.3 is 9.32 Å². The topological polar surface area (TPSA) is 50.5 Å². The van der Waals surface area contributed by atoms with Crippen LogP contribution in [0.5, 0.6) is 0 Å². The molecule has 0 radical (unpaired) electrons. The van der Waals surface area contributed by atoms with Crippen molar-refractivity contribution >= 4 is 22.7 Å². The first-order valence-electron chi connectivity index (χ1n) is 7.84. The normalized spacial score (nSPS) is 12.1. The number of amides is 1. The molecule has 0 spiro atoms. The van der Waals surface area contributed by atoms with E-state index in [4.69, 9.17) is 4.42 Å². The minimum absolute atomic E-state index is 0.334. The smallest absolute Gasteiger partial charge is 0.295 e. The lowest BCUT2D eigenvalue weighted by Crippen LogP contribution is -2.35. The summed E-state index contributed by atoms with van der Waals surface area (Å²) in [5.74, 6) is -0.406. The third-order valence-electron chi connectivity index (χ3n) is 4.27. The maximum Gasteiger partial charge on any atom is 0.295 e. The fraction of sp³-hybridized carbons (Fsp3) is 0.200. The van der Waals surface area contributed by atoms with Gasteiger partial charge in [-0.25, -0.2) is 0 Å². The summed E-state index contributed by atoms with van der Waals surface area (Å²) in [4.78, 5) is 26.3. The van der Waals surface area contributed by atoms with Crippen molar-refractivity contribution in [1.82, 2.24) is 4.90 Å². The Hall–Kier alpha value is -2.88. The van der Waals surface area contributed by atoms with Gasteiger partial charge in [-0.15, -0.1) is 0 Å². The van der Waals surface area contributed by atoms with Gasteiger partial charge in [-0.1, -0.05) is 48.0 Å². The molecule has 1 unspecified atom stereocenters. The molecule has 24 heavy (non-hydrogen) atoms. The molecule has 0 bridgehead atoms. The Labute approximate surface area is 140 Å². The number of carbonyl (C=O) groups is 2. The SMILES string of the molecule is Cc1ccc(C(=O)C(=O)N(C)C(C)c2cc3ccccc3o2)cc1. The molecular weight excluding hydrogens is 302 g/mol. The van der Waals surface area contributed by atoms with Crippen molar-refractivity contribution < 1.29 is 14.0 Å². The quantitative estimate of drug-likeness (QED) is 0.536. The first-order chi connectivity index (χ1) is 11.5. The van der Waals surface area contributed by atoms with Gasteiger partial charge in [0.1, 0.15) is 11.3 Å². The van der Waals surface area contributed by atoms with Crippen molar-refractivity contribution in [3.8, 4) is 0 Å². The molecule has 0 fully saturated rings. The van der Waals surface area contributed by atoms with E-state index in [9.17, 15) is 9.59 Å². The van der Waals surface area contributed by atoms with Gasteiger partial charge in [-0.3, -0.25) is 9.59 Å². The highest BCUT2D eigenvalue weighted by Gasteiger charge is 2.26. The van der Waals surface area contributed by atoms with Crippen molar-refractivity contribution in [2.24, 2.45) is 0 Å². The molecule has 1 amide bonds. The Morgan fingerprint density at radius 1 is 1.04 bits per heavy atom. The first kappa shape index (κ1) is 16.0. The summed E-state index contributed by atoms with van der Waals surface area (Å²) in [6.45, 7) is 3.78. The molecule has 2 aromatic carbocycles. The lowest BCUT2D eigenvalue weighted by molar-refractivity contribution is -0.127. The van der Waals surface area contributed by atoms with E-state index in [-0.39, 0.29) is 6.04 Å². The summed E-state index contributed by atoms with van der Waals surface area (Å²) in [5.41, 5.74) is 2.21. The van der Waals surface area contributed by atoms with Crippen LogP contribution in [0.4, 0.5) is 0 Å². The van der Waals surface area contributed by atoms with Crippen molar-refractivity contribution in [2.45, 2.75) is 19.9 Å². The molecule has 4 nitrogen and oxygen atoms in total. The molecule has 1 aromatic heterocycles. The van der Waals surface area contributed by atoms with Crippen LogP contribution >= 0.6 is 0 Å².